The summed E-state index contributed by atoms with van der Waals surface area (Å²) in [6, 6.07) is 6.42. The van der Waals surface area contributed by atoms with E-state index >= 15 is 0 Å². The van der Waals surface area contributed by atoms with Crippen LogP contribution in [0.15, 0.2) is 18.2 Å². The highest BCUT2D eigenvalue weighted by molar-refractivity contribution is 9.09. The number of halogens is 1. The Balaban J connectivity index is 1.74. The van der Waals surface area contributed by atoms with E-state index in [1.807, 2.05) is 0 Å². The lowest BCUT2D eigenvalue weighted by Gasteiger charge is -2.30. The van der Waals surface area contributed by atoms with Crippen LogP contribution in [0.2, 0.25) is 0 Å². The van der Waals surface area contributed by atoms with Gasteiger partial charge in [0, 0.05) is 11.2 Å². The summed E-state index contributed by atoms with van der Waals surface area (Å²) in [4.78, 5) is 0.437. The maximum atomic E-state index is 5.80. The van der Waals surface area contributed by atoms with Gasteiger partial charge in [-0.3, -0.25) is 0 Å². The van der Waals surface area contributed by atoms with Crippen molar-refractivity contribution in [3.63, 3.8) is 0 Å². The second kappa shape index (κ2) is 6.38. The molecule has 1 aromatic rings. The summed E-state index contributed by atoms with van der Waals surface area (Å²) in [6.45, 7) is 3.88. The third-order valence-corrected chi connectivity index (χ3v) is 5.84. The Hall–Kier alpha value is -0.700. The molecule has 0 radical (unpaired) electrons. The maximum Gasteiger partial charge on any atom is 0.161 e. The highest BCUT2D eigenvalue weighted by Gasteiger charge is 2.26. The first-order valence-electron chi connectivity index (χ1n) is 7.77. The van der Waals surface area contributed by atoms with Crippen molar-refractivity contribution in [3.05, 3.63) is 23.8 Å². The molecule has 0 amide bonds. The minimum atomic E-state index is 0.437. The number of benzene rings is 1. The molecule has 1 heterocycles. The van der Waals surface area contributed by atoms with Crippen LogP contribution in [0, 0.1) is 11.8 Å². The van der Waals surface area contributed by atoms with Crippen LogP contribution >= 0.6 is 15.9 Å². The van der Waals surface area contributed by atoms with E-state index in [0.29, 0.717) is 4.83 Å². The summed E-state index contributed by atoms with van der Waals surface area (Å²) in [5.41, 5.74) is 1.33. The highest BCUT2D eigenvalue weighted by Crippen LogP contribution is 2.43. The van der Waals surface area contributed by atoms with Gasteiger partial charge in [0.05, 0.1) is 13.2 Å². The molecule has 0 aromatic heterocycles. The fraction of sp³-hybridized carbons (Fsp3) is 0.647. The van der Waals surface area contributed by atoms with E-state index < -0.39 is 0 Å². The number of hydrogen-bond acceptors (Lipinski definition) is 2. The molecule has 0 spiro atoms. The van der Waals surface area contributed by atoms with Crippen LogP contribution in [0.1, 0.15) is 49.4 Å². The Kier molecular flexibility index (Phi) is 4.54. The molecule has 1 saturated carbocycles. The molecule has 1 atom stereocenters. The van der Waals surface area contributed by atoms with Crippen LogP contribution in [-0.4, -0.2) is 13.2 Å². The molecule has 1 fully saturated rings. The largest absolute Gasteiger partial charge is 0.490 e. The van der Waals surface area contributed by atoms with Crippen molar-refractivity contribution >= 4 is 15.9 Å². The normalized spacial score (nSPS) is 27.7. The number of hydrogen-bond donors (Lipinski definition) is 0. The summed E-state index contributed by atoms with van der Waals surface area (Å²) in [7, 11) is 0. The van der Waals surface area contributed by atoms with Crippen LogP contribution < -0.4 is 9.47 Å². The van der Waals surface area contributed by atoms with Gasteiger partial charge < -0.3 is 9.47 Å². The quantitative estimate of drug-likeness (QED) is 0.697. The summed E-state index contributed by atoms with van der Waals surface area (Å²) in [5.74, 6) is 3.45. The zero-order valence-electron chi connectivity index (χ0n) is 12.1. The fourth-order valence-corrected chi connectivity index (χ4v) is 4.02. The summed E-state index contributed by atoms with van der Waals surface area (Å²) >= 11 is 3.92. The minimum Gasteiger partial charge on any atom is -0.490 e. The van der Waals surface area contributed by atoms with Gasteiger partial charge in [0.15, 0.2) is 11.5 Å². The van der Waals surface area contributed by atoms with Crippen molar-refractivity contribution in [2.24, 2.45) is 11.8 Å². The van der Waals surface area contributed by atoms with E-state index in [4.69, 9.17) is 9.47 Å². The molecule has 0 N–H and O–H groups in total. The first kappa shape index (κ1) is 14.2. The van der Waals surface area contributed by atoms with E-state index in [1.165, 1.54) is 31.2 Å². The standard InChI is InChI=1S/C17H23BrO2/c1-12-3-5-13(6-4-12)17(18)14-7-8-15-16(11-14)20-10-2-9-19-15/h7-8,11-13,17H,2-6,9-10H2,1H3. The van der Waals surface area contributed by atoms with Crippen molar-refractivity contribution in [2.45, 2.75) is 43.9 Å². The average Bonchev–Trinajstić information content (AvgIpc) is 2.71. The van der Waals surface area contributed by atoms with Crippen LogP contribution in [0.5, 0.6) is 11.5 Å². The maximum absolute atomic E-state index is 5.80. The lowest BCUT2D eigenvalue weighted by molar-refractivity contribution is 0.286. The first-order valence-corrected chi connectivity index (χ1v) is 8.69. The summed E-state index contributed by atoms with van der Waals surface area (Å²) in [5, 5.41) is 0. The van der Waals surface area contributed by atoms with Crippen LogP contribution in [-0.2, 0) is 0 Å². The monoisotopic (exact) mass is 338 g/mol. The number of ether oxygens (including phenoxy) is 2. The van der Waals surface area contributed by atoms with Crippen molar-refractivity contribution in [2.75, 3.05) is 13.2 Å². The van der Waals surface area contributed by atoms with Gasteiger partial charge >= 0.3 is 0 Å². The Bertz CT molecular complexity index is 452. The van der Waals surface area contributed by atoms with E-state index in [-0.39, 0.29) is 0 Å². The molecule has 0 saturated heterocycles. The summed E-state index contributed by atoms with van der Waals surface area (Å²) < 4.78 is 11.5. The van der Waals surface area contributed by atoms with E-state index in [9.17, 15) is 0 Å². The molecule has 2 aliphatic rings. The van der Waals surface area contributed by atoms with Gasteiger partial charge in [0.1, 0.15) is 0 Å². The zero-order valence-corrected chi connectivity index (χ0v) is 13.7. The molecule has 2 nitrogen and oxygen atoms in total. The van der Waals surface area contributed by atoms with Gasteiger partial charge in [0.25, 0.3) is 0 Å². The van der Waals surface area contributed by atoms with Gasteiger partial charge in [-0.1, -0.05) is 41.8 Å². The van der Waals surface area contributed by atoms with Crippen molar-refractivity contribution in [1.82, 2.24) is 0 Å². The number of fused-ring (bicyclic) bond motifs is 1. The SMILES string of the molecule is CC1CCC(C(Br)c2ccc3c(c2)OCCCO3)CC1. The van der Waals surface area contributed by atoms with E-state index in [1.54, 1.807) is 0 Å². The van der Waals surface area contributed by atoms with Crippen LogP contribution in [0.25, 0.3) is 0 Å². The van der Waals surface area contributed by atoms with E-state index in [0.717, 1.165) is 43.0 Å². The smallest absolute Gasteiger partial charge is 0.161 e. The molecule has 20 heavy (non-hydrogen) atoms. The van der Waals surface area contributed by atoms with Gasteiger partial charge in [-0.05, 0) is 42.4 Å². The Morgan fingerprint density at radius 1 is 1.05 bits per heavy atom. The molecule has 0 bridgehead atoms. The second-order valence-corrected chi connectivity index (χ2v) is 7.16. The third-order valence-electron chi connectivity index (χ3n) is 4.56. The Morgan fingerprint density at radius 2 is 1.75 bits per heavy atom. The molecule has 110 valence electrons. The van der Waals surface area contributed by atoms with Crippen molar-refractivity contribution in [3.8, 4) is 11.5 Å². The van der Waals surface area contributed by atoms with Gasteiger partial charge in [-0.25, -0.2) is 0 Å². The van der Waals surface area contributed by atoms with Crippen LogP contribution in [0.3, 0.4) is 0 Å². The molecule has 1 aromatic carbocycles. The average molecular weight is 339 g/mol. The molecule has 1 aliphatic carbocycles. The summed E-state index contributed by atoms with van der Waals surface area (Å²) in [6.07, 6.45) is 6.33. The lowest BCUT2D eigenvalue weighted by Crippen LogP contribution is -2.16. The predicted molar refractivity (Wildman–Crippen MR) is 84.8 cm³/mol. The number of alkyl halides is 1. The van der Waals surface area contributed by atoms with Gasteiger partial charge in [-0.15, -0.1) is 0 Å². The molecular formula is C17H23BrO2. The molecule has 3 heteroatoms. The lowest BCUT2D eigenvalue weighted by atomic mass is 9.80. The third kappa shape index (κ3) is 3.13. The Labute approximate surface area is 130 Å². The van der Waals surface area contributed by atoms with Gasteiger partial charge in [-0.2, -0.15) is 0 Å². The molecular weight excluding hydrogens is 316 g/mol. The van der Waals surface area contributed by atoms with E-state index in [2.05, 4.69) is 41.1 Å². The molecule has 3 rings (SSSR count). The van der Waals surface area contributed by atoms with Crippen molar-refractivity contribution < 1.29 is 9.47 Å². The zero-order chi connectivity index (χ0) is 13.9. The molecule has 1 unspecified atom stereocenters. The van der Waals surface area contributed by atoms with Crippen molar-refractivity contribution in [1.29, 1.82) is 0 Å². The minimum absolute atomic E-state index is 0.437. The second-order valence-electron chi connectivity index (χ2n) is 6.18. The fourth-order valence-electron chi connectivity index (χ4n) is 3.20. The Morgan fingerprint density at radius 3 is 2.50 bits per heavy atom. The van der Waals surface area contributed by atoms with Gasteiger partial charge in [0.2, 0.25) is 0 Å². The predicted octanol–water partition coefficient (Wildman–Crippen LogP) is 5.11. The van der Waals surface area contributed by atoms with Crippen LogP contribution in [0.4, 0.5) is 0 Å². The first-order chi connectivity index (χ1) is 9.74. The number of rotatable bonds is 2. The molecule has 1 aliphatic heterocycles. The highest BCUT2D eigenvalue weighted by atomic mass is 79.9. The topological polar surface area (TPSA) is 18.5 Å².